The molecule has 13 heavy (non-hydrogen) atoms. The van der Waals surface area contributed by atoms with Crippen molar-refractivity contribution in [1.82, 2.24) is 9.78 Å². The summed E-state index contributed by atoms with van der Waals surface area (Å²) in [6.07, 6.45) is -5.88. The first-order valence-electron chi connectivity index (χ1n) is 3.26. The Kier molecular flexibility index (Phi) is 2.67. The highest BCUT2D eigenvalue weighted by atomic mass is 79.9. The average Bonchev–Trinajstić information content (AvgIpc) is 2.26. The van der Waals surface area contributed by atoms with Gasteiger partial charge in [-0.1, -0.05) is 0 Å². The number of nitrogens with zero attached hydrogens (tertiary/aromatic N) is 2. The Morgan fingerprint density at radius 2 is 2.15 bits per heavy atom. The Labute approximate surface area is 80.3 Å². The molecule has 0 saturated carbocycles. The van der Waals surface area contributed by atoms with Gasteiger partial charge in [-0.05, 0) is 15.9 Å². The highest BCUT2D eigenvalue weighted by molar-refractivity contribution is 9.10. The Hall–Kier alpha value is -0.560. The van der Waals surface area contributed by atoms with E-state index in [9.17, 15) is 13.2 Å². The number of aliphatic hydroxyl groups excluding tert-OH is 1. The Morgan fingerprint density at radius 1 is 1.62 bits per heavy atom. The van der Waals surface area contributed by atoms with E-state index >= 15 is 0 Å². The number of aliphatic hydroxyl groups is 1. The van der Waals surface area contributed by atoms with Gasteiger partial charge in [-0.15, -0.1) is 0 Å². The first kappa shape index (κ1) is 10.5. The second kappa shape index (κ2) is 3.30. The molecule has 0 aliphatic heterocycles. The maximum absolute atomic E-state index is 12.0. The molecule has 0 aliphatic rings. The first-order chi connectivity index (χ1) is 5.82. The summed E-state index contributed by atoms with van der Waals surface area (Å²) >= 11 is 2.87. The molecule has 0 saturated heterocycles. The summed E-state index contributed by atoms with van der Waals surface area (Å²) in [7, 11) is 1.47. The van der Waals surface area contributed by atoms with Crippen molar-refractivity contribution >= 4 is 15.9 Å². The quantitative estimate of drug-likeness (QED) is 0.834. The molecule has 0 bridgehead atoms. The van der Waals surface area contributed by atoms with Gasteiger partial charge in [0, 0.05) is 13.2 Å². The van der Waals surface area contributed by atoms with Crippen LogP contribution in [-0.2, 0) is 7.05 Å². The highest BCUT2D eigenvalue weighted by Gasteiger charge is 2.42. The molecule has 1 aromatic rings. The lowest BCUT2D eigenvalue weighted by molar-refractivity contribution is -0.208. The molecule has 1 unspecified atom stereocenters. The molecule has 7 heteroatoms. The second-order valence-corrected chi connectivity index (χ2v) is 3.33. The van der Waals surface area contributed by atoms with Crippen LogP contribution in [0.15, 0.2) is 10.7 Å². The SMILES string of the molecule is Cn1cc(Br)c(C(O)C(F)(F)F)n1. The average molecular weight is 259 g/mol. The molecule has 0 amide bonds. The van der Waals surface area contributed by atoms with E-state index in [-0.39, 0.29) is 4.47 Å². The van der Waals surface area contributed by atoms with Gasteiger partial charge in [0.1, 0.15) is 5.69 Å². The van der Waals surface area contributed by atoms with Gasteiger partial charge >= 0.3 is 6.18 Å². The first-order valence-corrected chi connectivity index (χ1v) is 4.05. The van der Waals surface area contributed by atoms with Crippen molar-refractivity contribution in [3.8, 4) is 0 Å². The smallest absolute Gasteiger partial charge is 0.378 e. The third kappa shape index (κ3) is 2.22. The van der Waals surface area contributed by atoms with Crippen LogP contribution in [0.1, 0.15) is 11.8 Å². The summed E-state index contributed by atoms with van der Waals surface area (Å²) < 4.78 is 37.3. The van der Waals surface area contributed by atoms with Gasteiger partial charge in [-0.2, -0.15) is 18.3 Å². The fourth-order valence-corrected chi connectivity index (χ4v) is 1.41. The summed E-state index contributed by atoms with van der Waals surface area (Å²) in [4.78, 5) is 0. The van der Waals surface area contributed by atoms with E-state index in [1.807, 2.05) is 0 Å². The van der Waals surface area contributed by atoms with Gasteiger partial charge in [0.2, 0.25) is 0 Å². The van der Waals surface area contributed by atoms with E-state index in [1.165, 1.54) is 17.9 Å². The zero-order chi connectivity index (χ0) is 10.2. The monoisotopic (exact) mass is 258 g/mol. The van der Waals surface area contributed by atoms with Crippen molar-refractivity contribution in [2.75, 3.05) is 0 Å². The number of halogens is 4. The molecule has 1 aromatic heterocycles. The van der Waals surface area contributed by atoms with Crippen LogP contribution in [0.4, 0.5) is 13.2 Å². The molecule has 0 aliphatic carbocycles. The van der Waals surface area contributed by atoms with Crippen LogP contribution in [0.3, 0.4) is 0 Å². The molecule has 3 nitrogen and oxygen atoms in total. The molecular formula is C6H6BrF3N2O. The molecule has 0 aromatic carbocycles. The summed E-state index contributed by atoms with van der Waals surface area (Å²) in [5, 5.41) is 12.3. The van der Waals surface area contributed by atoms with E-state index in [0.29, 0.717) is 0 Å². The van der Waals surface area contributed by atoms with Gasteiger partial charge in [0.25, 0.3) is 0 Å². The van der Waals surface area contributed by atoms with Crippen LogP contribution < -0.4 is 0 Å². The topological polar surface area (TPSA) is 38.0 Å². The standard InChI is InChI=1S/C6H6BrF3N2O/c1-12-2-3(7)4(11-12)5(13)6(8,9)10/h2,5,13H,1H3. The van der Waals surface area contributed by atoms with Crippen LogP contribution in [0.25, 0.3) is 0 Å². The van der Waals surface area contributed by atoms with Gasteiger partial charge in [-0.3, -0.25) is 4.68 Å². The molecular weight excluding hydrogens is 253 g/mol. The predicted octanol–water partition coefficient (Wildman–Crippen LogP) is 1.78. The number of aryl methyl sites for hydroxylation is 1. The number of aromatic nitrogens is 2. The number of rotatable bonds is 1. The van der Waals surface area contributed by atoms with Crippen molar-refractivity contribution < 1.29 is 18.3 Å². The molecule has 74 valence electrons. The summed E-state index contributed by atoms with van der Waals surface area (Å²) in [6, 6.07) is 0. The molecule has 0 fully saturated rings. The van der Waals surface area contributed by atoms with Crippen LogP contribution in [-0.4, -0.2) is 21.1 Å². The van der Waals surface area contributed by atoms with Crippen molar-refractivity contribution in [2.45, 2.75) is 12.3 Å². The van der Waals surface area contributed by atoms with Gasteiger partial charge in [0.05, 0.1) is 4.47 Å². The largest absolute Gasteiger partial charge is 0.420 e. The minimum absolute atomic E-state index is 0.139. The fraction of sp³-hybridized carbons (Fsp3) is 0.500. The summed E-state index contributed by atoms with van der Waals surface area (Å²) in [6.45, 7) is 0. The van der Waals surface area contributed by atoms with E-state index in [4.69, 9.17) is 5.11 Å². The van der Waals surface area contributed by atoms with E-state index in [0.717, 1.165) is 0 Å². The number of alkyl halides is 3. The predicted molar refractivity (Wildman–Crippen MR) is 41.9 cm³/mol. The third-order valence-electron chi connectivity index (χ3n) is 1.38. The number of hydrogen-bond donors (Lipinski definition) is 1. The zero-order valence-corrected chi connectivity index (χ0v) is 8.09. The van der Waals surface area contributed by atoms with Gasteiger partial charge in [0.15, 0.2) is 6.10 Å². The number of hydrogen-bond acceptors (Lipinski definition) is 2. The normalized spacial score (nSPS) is 14.6. The van der Waals surface area contributed by atoms with Crippen LogP contribution in [0.5, 0.6) is 0 Å². The summed E-state index contributed by atoms with van der Waals surface area (Å²) in [5.41, 5.74) is -0.421. The molecule has 1 rings (SSSR count). The van der Waals surface area contributed by atoms with Crippen molar-refractivity contribution in [1.29, 1.82) is 0 Å². The van der Waals surface area contributed by atoms with Crippen molar-refractivity contribution in [2.24, 2.45) is 7.05 Å². The van der Waals surface area contributed by atoms with Gasteiger partial charge in [-0.25, -0.2) is 0 Å². The minimum Gasteiger partial charge on any atom is -0.378 e. The molecule has 0 radical (unpaired) electrons. The van der Waals surface area contributed by atoms with Crippen molar-refractivity contribution in [3.63, 3.8) is 0 Å². The Morgan fingerprint density at radius 3 is 2.46 bits per heavy atom. The van der Waals surface area contributed by atoms with Crippen LogP contribution in [0, 0.1) is 0 Å². The lowest BCUT2D eigenvalue weighted by Crippen LogP contribution is -2.21. The van der Waals surface area contributed by atoms with Crippen molar-refractivity contribution in [3.05, 3.63) is 16.4 Å². The van der Waals surface area contributed by atoms with Crippen LogP contribution >= 0.6 is 15.9 Å². The minimum atomic E-state index is -4.68. The molecule has 1 atom stereocenters. The Bertz CT molecular complexity index is 309. The molecule has 0 spiro atoms. The molecule has 1 heterocycles. The van der Waals surface area contributed by atoms with Crippen LogP contribution in [0.2, 0.25) is 0 Å². The Balaban J connectivity index is 3.01. The highest BCUT2D eigenvalue weighted by Crippen LogP contribution is 2.34. The van der Waals surface area contributed by atoms with E-state index in [2.05, 4.69) is 21.0 Å². The molecule has 1 N–H and O–H groups in total. The lowest BCUT2D eigenvalue weighted by atomic mass is 10.2. The third-order valence-corrected chi connectivity index (χ3v) is 1.99. The zero-order valence-electron chi connectivity index (χ0n) is 6.51. The fourth-order valence-electron chi connectivity index (χ4n) is 0.817. The van der Waals surface area contributed by atoms with E-state index < -0.39 is 18.0 Å². The van der Waals surface area contributed by atoms with E-state index in [1.54, 1.807) is 0 Å². The van der Waals surface area contributed by atoms with Gasteiger partial charge < -0.3 is 5.11 Å². The second-order valence-electron chi connectivity index (χ2n) is 2.48. The maximum Gasteiger partial charge on any atom is 0.420 e. The maximum atomic E-state index is 12.0. The summed E-state index contributed by atoms with van der Waals surface area (Å²) in [5.74, 6) is 0. The lowest BCUT2D eigenvalue weighted by Gasteiger charge is -2.11.